The van der Waals surface area contributed by atoms with E-state index in [0.717, 1.165) is 61.6 Å². The molecule has 1 saturated heterocycles. The average molecular weight is 506 g/mol. The minimum absolute atomic E-state index is 0. The quantitative estimate of drug-likeness (QED) is 0.586. The third kappa shape index (κ3) is 5.23. The second-order valence-electron chi connectivity index (χ2n) is 9.62. The van der Waals surface area contributed by atoms with E-state index < -0.39 is 6.09 Å². The Hall–Kier alpha value is -2.46. The second kappa shape index (κ2) is 11.1. The maximum Gasteiger partial charge on any atom is 0.407 e. The van der Waals surface area contributed by atoms with E-state index in [1.54, 1.807) is 6.92 Å². The van der Waals surface area contributed by atoms with E-state index in [2.05, 4.69) is 27.6 Å². The third-order valence-corrected chi connectivity index (χ3v) is 7.77. The Morgan fingerprint density at radius 2 is 1.94 bits per heavy atom. The lowest BCUT2D eigenvalue weighted by Gasteiger charge is -2.45. The Balaban J connectivity index is 0.00000342. The monoisotopic (exact) mass is 505 g/mol. The van der Waals surface area contributed by atoms with Crippen LogP contribution in [0.4, 0.5) is 10.5 Å². The maximum atomic E-state index is 12.8. The Morgan fingerprint density at radius 1 is 1.23 bits per heavy atom. The molecule has 1 aromatic heterocycles. The summed E-state index contributed by atoms with van der Waals surface area (Å²) < 4.78 is 2.15. The average Bonchev–Trinajstić information content (AvgIpc) is 3.30. The minimum Gasteiger partial charge on any atom is -0.465 e. The van der Waals surface area contributed by atoms with Gasteiger partial charge in [-0.1, -0.05) is 0 Å². The molecule has 0 bridgehead atoms. The number of aromatic nitrogens is 2. The largest absolute Gasteiger partial charge is 0.465 e. The molecule has 0 spiro atoms. The lowest BCUT2D eigenvalue weighted by molar-refractivity contribution is -0.129. The summed E-state index contributed by atoms with van der Waals surface area (Å²) in [6, 6.07) is 5.78. The predicted molar refractivity (Wildman–Crippen MR) is 140 cm³/mol. The van der Waals surface area contributed by atoms with Crippen LogP contribution < -0.4 is 9.80 Å². The van der Waals surface area contributed by atoms with Crippen molar-refractivity contribution in [1.29, 1.82) is 0 Å². The van der Waals surface area contributed by atoms with E-state index in [0.29, 0.717) is 13.0 Å². The molecule has 1 fully saturated rings. The molecule has 0 radical (unpaired) electrons. The molecular weight excluding hydrogens is 468 g/mol. The van der Waals surface area contributed by atoms with Crippen LogP contribution in [-0.2, 0) is 11.3 Å². The van der Waals surface area contributed by atoms with Gasteiger partial charge < -0.3 is 15.3 Å². The lowest BCUT2D eigenvalue weighted by Crippen LogP contribution is -2.60. The molecule has 10 heteroatoms. The van der Waals surface area contributed by atoms with Crippen molar-refractivity contribution < 1.29 is 14.7 Å². The Bertz CT molecular complexity index is 1050. The molecule has 3 heterocycles. The number of fused-ring (bicyclic) bond motifs is 1. The van der Waals surface area contributed by atoms with Crippen molar-refractivity contribution in [3.63, 3.8) is 0 Å². The molecular formula is C25H38ClN6O3+. The first-order valence-electron chi connectivity index (χ1n) is 12.2. The number of rotatable bonds is 6. The Morgan fingerprint density at radius 3 is 2.57 bits per heavy atom. The van der Waals surface area contributed by atoms with Crippen molar-refractivity contribution >= 4 is 30.1 Å². The SMILES string of the molecule is CCN(C(=O)O)C1C[C@H](C)[N@+](C)(C(C)=O)c2ccc(-c3cnn(CCN4CCNCC4)c3)cc21.Cl. The number of benzene rings is 1. The number of hydrogen-bond donors (Lipinski definition) is 2. The summed E-state index contributed by atoms with van der Waals surface area (Å²) in [4.78, 5) is 28.7. The fraction of sp³-hybridized carbons (Fsp3) is 0.560. The number of nitrogens with zero attached hydrogens (tertiary/aromatic N) is 5. The van der Waals surface area contributed by atoms with Crippen LogP contribution in [0.2, 0.25) is 0 Å². The third-order valence-electron chi connectivity index (χ3n) is 7.77. The number of carboxylic acid groups (broad SMARTS) is 1. The van der Waals surface area contributed by atoms with Crippen molar-refractivity contribution in [3.05, 3.63) is 36.2 Å². The fourth-order valence-corrected chi connectivity index (χ4v) is 5.40. The first-order valence-corrected chi connectivity index (χ1v) is 12.2. The van der Waals surface area contributed by atoms with Gasteiger partial charge in [0, 0.05) is 69.1 Å². The molecule has 2 amide bonds. The van der Waals surface area contributed by atoms with Gasteiger partial charge in [-0.15, -0.1) is 12.4 Å². The van der Waals surface area contributed by atoms with Crippen molar-refractivity contribution in [2.45, 2.75) is 45.8 Å². The van der Waals surface area contributed by atoms with E-state index in [9.17, 15) is 14.7 Å². The van der Waals surface area contributed by atoms with Crippen LogP contribution >= 0.6 is 12.4 Å². The normalized spacial score (nSPS) is 24.3. The van der Waals surface area contributed by atoms with Gasteiger partial charge in [-0.25, -0.2) is 14.1 Å². The second-order valence-corrected chi connectivity index (χ2v) is 9.62. The Kier molecular flexibility index (Phi) is 8.58. The lowest BCUT2D eigenvalue weighted by atomic mass is 9.86. The molecule has 9 nitrogen and oxygen atoms in total. The Labute approximate surface area is 213 Å². The number of carbonyl (C=O) groups excluding carboxylic acids is 1. The highest BCUT2D eigenvalue weighted by atomic mass is 35.5. The van der Waals surface area contributed by atoms with Gasteiger partial charge in [-0.05, 0) is 31.5 Å². The zero-order chi connectivity index (χ0) is 24.5. The molecule has 3 atom stereocenters. The number of carbonyl (C=O) groups is 2. The van der Waals surface area contributed by atoms with E-state index >= 15 is 0 Å². The molecule has 1 unspecified atom stereocenters. The van der Waals surface area contributed by atoms with Crippen molar-refractivity contribution in [3.8, 4) is 11.1 Å². The predicted octanol–water partition coefficient (Wildman–Crippen LogP) is 3.19. The first kappa shape index (κ1) is 27.1. The van der Waals surface area contributed by atoms with Crippen molar-refractivity contribution in [2.75, 3.05) is 46.3 Å². The van der Waals surface area contributed by atoms with Gasteiger partial charge >= 0.3 is 12.0 Å². The zero-order valence-corrected chi connectivity index (χ0v) is 21.9. The molecule has 0 saturated carbocycles. The maximum absolute atomic E-state index is 12.8. The fourth-order valence-electron chi connectivity index (χ4n) is 5.40. The number of amides is 2. The first-order chi connectivity index (χ1) is 16.3. The molecule has 2 aromatic rings. The highest BCUT2D eigenvalue weighted by Crippen LogP contribution is 2.45. The number of halogens is 1. The summed E-state index contributed by atoms with van der Waals surface area (Å²) >= 11 is 0. The van der Waals surface area contributed by atoms with Gasteiger partial charge in [0.15, 0.2) is 0 Å². The van der Waals surface area contributed by atoms with Crippen molar-refractivity contribution in [2.24, 2.45) is 0 Å². The van der Waals surface area contributed by atoms with Crippen LogP contribution in [-0.4, -0.2) is 89.0 Å². The standard InChI is InChI=1S/C25H36N6O3.ClH/c1-5-30(25(33)34)23-14-18(2)31(4,19(3)32)24-7-6-20(15-22(23)24)21-16-27-29(17-21)13-12-28-10-8-26-9-11-28;/h6-7,15-18,23,26H,5,8-14H2,1-4H3;1H/p+1/t18-,23?,31+;/m0./s1. The summed E-state index contributed by atoms with van der Waals surface area (Å²) in [5.74, 6) is 0.0547. The topological polar surface area (TPSA) is 90.7 Å². The van der Waals surface area contributed by atoms with Gasteiger partial charge in [0.05, 0.1) is 38.8 Å². The summed E-state index contributed by atoms with van der Waals surface area (Å²) in [5.41, 5.74) is 3.77. The van der Waals surface area contributed by atoms with Crippen molar-refractivity contribution in [1.82, 2.24) is 29.4 Å². The molecule has 2 aliphatic heterocycles. The van der Waals surface area contributed by atoms with Crippen LogP contribution in [0.15, 0.2) is 30.6 Å². The number of hydrogen-bond acceptors (Lipinski definition) is 5. The molecule has 35 heavy (non-hydrogen) atoms. The molecule has 4 rings (SSSR count). The van der Waals surface area contributed by atoms with Gasteiger partial charge in [-0.3, -0.25) is 9.58 Å². The summed E-state index contributed by atoms with van der Waals surface area (Å²) in [7, 11) is 1.94. The van der Waals surface area contributed by atoms with Crippen LogP contribution in [0.25, 0.3) is 11.1 Å². The number of nitrogens with one attached hydrogen (secondary N) is 1. The van der Waals surface area contributed by atoms with E-state index in [4.69, 9.17) is 0 Å². The van der Waals surface area contributed by atoms with Gasteiger partial charge in [0.2, 0.25) is 0 Å². The molecule has 0 aliphatic carbocycles. The van der Waals surface area contributed by atoms with Gasteiger partial charge in [-0.2, -0.15) is 5.10 Å². The highest BCUT2D eigenvalue weighted by Gasteiger charge is 2.47. The summed E-state index contributed by atoms with van der Waals surface area (Å²) in [6.07, 6.45) is 3.58. The van der Waals surface area contributed by atoms with Crippen LogP contribution in [0, 0.1) is 0 Å². The minimum atomic E-state index is -0.935. The smallest absolute Gasteiger partial charge is 0.407 e. The summed E-state index contributed by atoms with van der Waals surface area (Å²) in [5, 5.41) is 17.8. The van der Waals surface area contributed by atoms with Crippen LogP contribution in [0.1, 0.15) is 38.8 Å². The van der Waals surface area contributed by atoms with E-state index in [1.807, 2.05) is 43.9 Å². The van der Waals surface area contributed by atoms with Crippen LogP contribution in [0.3, 0.4) is 0 Å². The molecule has 1 aromatic carbocycles. The van der Waals surface area contributed by atoms with Crippen LogP contribution in [0.5, 0.6) is 0 Å². The number of piperazine rings is 1. The van der Waals surface area contributed by atoms with Gasteiger partial charge in [0.1, 0.15) is 5.69 Å². The van der Waals surface area contributed by atoms with E-state index in [1.165, 1.54) is 4.90 Å². The molecule has 2 aliphatic rings. The zero-order valence-electron chi connectivity index (χ0n) is 21.1. The number of quaternary nitrogens is 1. The molecule has 192 valence electrons. The van der Waals surface area contributed by atoms with E-state index in [-0.39, 0.29) is 34.9 Å². The summed E-state index contributed by atoms with van der Waals surface area (Å²) in [6.45, 7) is 11.9. The van der Waals surface area contributed by atoms with Gasteiger partial charge in [0.25, 0.3) is 0 Å². The highest BCUT2D eigenvalue weighted by molar-refractivity contribution is 5.89. The molecule has 2 N–H and O–H groups in total.